The van der Waals surface area contributed by atoms with Gasteiger partial charge in [0.25, 0.3) is 10.1 Å². The molecule has 9 heteroatoms. The highest BCUT2D eigenvalue weighted by molar-refractivity contribution is 7.87. The molecule has 0 aliphatic rings. The summed E-state index contributed by atoms with van der Waals surface area (Å²) >= 11 is 11.3. The van der Waals surface area contributed by atoms with Crippen molar-refractivity contribution in [1.29, 1.82) is 0 Å². The normalized spacial score (nSPS) is 13.7. The summed E-state index contributed by atoms with van der Waals surface area (Å²) in [6.07, 6.45) is -0.797. The lowest BCUT2D eigenvalue weighted by molar-refractivity contribution is 0.355. The first-order chi connectivity index (χ1) is 7.34. The molecule has 0 bridgehead atoms. The van der Waals surface area contributed by atoms with E-state index in [1.807, 2.05) is 0 Å². The van der Waals surface area contributed by atoms with Gasteiger partial charge in [-0.15, -0.1) is 0 Å². The van der Waals surface area contributed by atoms with Crippen LogP contribution in [0.15, 0.2) is 23.1 Å². The minimum atomic E-state index is -4.22. The van der Waals surface area contributed by atoms with Gasteiger partial charge in [-0.3, -0.25) is 8.75 Å². The molecule has 0 saturated heterocycles. The van der Waals surface area contributed by atoms with Crippen LogP contribution in [0, 0.1) is 0 Å². The lowest BCUT2D eigenvalue weighted by atomic mass is 10.4. The molecule has 0 amide bonds. The molecule has 0 fully saturated rings. The van der Waals surface area contributed by atoms with Crippen LogP contribution in [0.5, 0.6) is 0 Å². The van der Waals surface area contributed by atoms with Crippen molar-refractivity contribution in [3.05, 3.63) is 28.2 Å². The molecule has 0 spiro atoms. The molecule has 1 unspecified atom stereocenters. The second-order valence-electron chi connectivity index (χ2n) is 2.66. The lowest BCUT2D eigenvalue weighted by Crippen LogP contribution is -2.07. The Kier molecular flexibility index (Phi) is 4.79. The smallest absolute Gasteiger partial charge is 0.300 e. The van der Waals surface area contributed by atoms with E-state index in [9.17, 15) is 13.0 Å². The minimum absolute atomic E-state index is 0.106. The summed E-state index contributed by atoms with van der Waals surface area (Å²) in [4.78, 5) is 8.09. The average Bonchev–Trinajstić information content (AvgIpc) is 2.14. The highest BCUT2D eigenvalue weighted by atomic mass is 35.5. The molecule has 1 N–H and O–H groups in total. The summed E-state index contributed by atoms with van der Waals surface area (Å²) in [6.45, 7) is 0. The molecule has 1 aromatic carbocycles. The van der Waals surface area contributed by atoms with Crippen molar-refractivity contribution < 1.29 is 22.1 Å². The van der Waals surface area contributed by atoms with Gasteiger partial charge < -0.3 is 4.89 Å². The maximum absolute atomic E-state index is 11.6. The van der Waals surface area contributed by atoms with Crippen molar-refractivity contribution in [2.45, 2.75) is 4.90 Å². The molecule has 90 valence electrons. The maximum Gasteiger partial charge on any atom is 0.300 e. The van der Waals surface area contributed by atoms with Crippen LogP contribution in [0.2, 0.25) is 10.0 Å². The molecule has 1 atom stereocenters. The molecular formula is C7H7Cl2O5PS. The van der Waals surface area contributed by atoms with Crippen LogP contribution in [0.3, 0.4) is 0 Å². The Hall–Kier alpha value is -0.100. The van der Waals surface area contributed by atoms with E-state index >= 15 is 0 Å². The van der Waals surface area contributed by atoms with Gasteiger partial charge in [-0.25, -0.2) is 0 Å². The van der Waals surface area contributed by atoms with Gasteiger partial charge >= 0.3 is 0 Å². The van der Waals surface area contributed by atoms with E-state index in [4.69, 9.17) is 28.1 Å². The van der Waals surface area contributed by atoms with Gasteiger partial charge in [0.15, 0.2) is 0 Å². The molecule has 0 radical (unpaired) electrons. The van der Waals surface area contributed by atoms with Crippen molar-refractivity contribution >= 4 is 41.3 Å². The maximum atomic E-state index is 11.6. The zero-order valence-corrected chi connectivity index (χ0v) is 11.0. The van der Waals surface area contributed by atoms with Crippen LogP contribution in [0.4, 0.5) is 0 Å². The second kappa shape index (κ2) is 5.49. The van der Waals surface area contributed by atoms with E-state index in [0.29, 0.717) is 0 Å². The zero-order chi connectivity index (χ0) is 12.3. The molecule has 5 nitrogen and oxygen atoms in total. The van der Waals surface area contributed by atoms with Gasteiger partial charge in [-0.2, -0.15) is 8.42 Å². The fraction of sp³-hybridized carbons (Fsp3) is 0.143. The first-order valence-electron chi connectivity index (χ1n) is 3.90. The minimum Gasteiger partial charge on any atom is -0.345 e. The van der Waals surface area contributed by atoms with Gasteiger partial charge in [0.1, 0.15) is 11.2 Å². The highest BCUT2D eigenvalue weighted by Crippen LogP contribution is 2.31. The van der Waals surface area contributed by atoms with E-state index in [2.05, 4.69) is 4.18 Å². The van der Waals surface area contributed by atoms with E-state index in [-0.39, 0.29) is 10.0 Å². The Morgan fingerprint density at radius 1 is 1.31 bits per heavy atom. The largest absolute Gasteiger partial charge is 0.345 e. The predicted molar refractivity (Wildman–Crippen MR) is 60.8 cm³/mol. The molecule has 1 rings (SSSR count). The summed E-state index contributed by atoms with van der Waals surface area (Å²) in [6, 6.07) is 4.12. The van der Waals surface area contributed by atoms with E-state index < -0.39 is 29.4 Å². The topological polar surface area (TPSA) is 80.7 Å². The third kappa shape index (κ3) is 3.45. The number of hydrogen-bond donors (Lipinski definition) is 1. The summed E-state index contributed by atoms with van der Waals surface area (Å²) < 4.78 is 37.8. The van der Waals surface area contributed by atoms with Gasteiger partial charge in [-0.1, -0.05) is 29.3 Å². The summed E-state index contributed by atoms with van der Waals surface area (Å²) in [5.74, 6) is 0. The first-order valence-corrected chi connectivity index (χ1v) is 7.62. The highest BCUT2D eigenvalue weighted by Gasteiger charge is 2.23. The Morgan fingerprint density at radius 3 is 2.25 bits per heavy atom. The molecule has 0 aliphatic carbocycles. The lowest BCUT2D eigenvalue weighted by Gasteiger charge is -2.07. The Balaban J connectivity index is 3.12. The van der Waals surface area contributed by atoms with E-state index in [0.717, 1.165) is 0 Å². The molecule has 16 heavy (non-hydrogen) atoms. The molecule has 0 heterocycles. The number of benzene rings is 1. The van der Waals surface area contributed by atoms with Crippen LogP contribution < -0.4 is 0 Å². The summed E-state index contributed by atoms with van der Waals surface area (Å²) in [5, 5.41) is -0.213. The van der Waals surface area contributed by atoms with Crippen LogP contribution in [-0.4, -0.2) is 19.7 Å². The van der Waals surface area contributed by atoms with Crippen molar-refractivity contribution in [3.8, 4) is 0 Å². The quantitative estimate of drug-likeness (QED) is 0.681. The van der Waals surface area contributed by atoms with Crippen LogP contribution in [0.25, 0.3) is 0 Å². The number of halogens is 2. The average molecular weight is 305 g/mol. The standard InChI is InChI=1S/C7H7Cl2O5PS/c8-5-2-1-3-6(9)7(5)16(12,13)14-4-15(10)11/h1-3,15H,4H2,(H,10,11). The molecular weight excluding hydrogens is 298 g/mol. The third-order valence-electron chi connectivity index (χ3n) is 1.51. The fourth-order valence-corrected chi connectivity index (χ4v) is 3.63. The van der Waals surface area contributed by atoms with E-state index in [1.165, 1.54) is 18.2 Å². The Bertz CT molecular complexity index is 495. The summed E-state index contributed by atoms with van der Waals surface area (Å²) in [5.41, 5.74) is 0. The predicted octanol–water partition coefficient (Wildman–Crippen LogP) is 2.12. The van der Waals surface area contributed by atoms with E-state index in [1.54, 1.807) is 0 Å². The van der Waals surface area contributed by atoms with Crippen molar-refractivity contribution in [2.24, 2.45) is 0 Å². The Morgan fingerprint density at radius 2 is 1.81 bits per heavy atom. The number of rotatable bonds is 4. The van der Waals surface area contributed by atoms with Crippen LogP contribution in [0.1, 0.15) is 0 Å². The van der Waals surface area contributed by atoms with Gasteiger partial charge in [0.05, 0.1) is 10.0 Å². The van der Waals surface area contributed by atoms with Gasteiger partial charge in [0, 0.05) is 0 Å². The SMILES string of the molecule is O=[PH](O)COS(=O)(=O)c1c(Cl)cccc1Cl. The van der Waals surface area contributed by atoms with Gasteiger partial charge in [-0.05, 0) is 12.1 Å². The fourth-order valence-electron chi connectivity index (χ4n) is 0.908. The first kappa shape index (κ1) is 14.0. The molecule has 1 aromatic rings. The van der Waals surface area contributed by atoms with Crippen molar-refractivity contribution in [1.82, 2.24) is 0 Å². The zero-order valence-electron chi connectivity index (χ0n) is 7.68. The number of hydrogen-bond acceptors (Lipinski definition) is 4. The summed E-state index contributed by atoms with van der Waals surface area (Å²) in [7, 11) is -7.25. The van der Waals surface area contributed by atoms with Crippen molar-refractivity contribution in [2.75, 3.05) is 6.35 Å². The Labute approximate surface area is 103 Å². The molecule has 0 aromatic heterocycles. The van der Waals surface area contributed by atoms with Crippen molar-refractivity contribution in [3.63, 3.8) is 0 Å². The third-order valence-corrected chi connectivity index (χ3v) is 4.33. The second-order valence-corrected chi connectivity index (χ2v) is 6.10. The molecule has 0 aliphatic heterocycles. The van der Waals surface area contributed by atoms with Crippen LogP contribution >= 0.6 is 31.2 Å². The van der Waals surface area contributed by atoms with Crippen LogP contribution in [-0.2, 0) is 18.9 Å². The molecule has 0 saturated carbocycles. The monoisotopic (exact) mass is 304 g/mol. The van der Waals surface area contributed by atoms with Gasteiger partial charge in [0.2, 0.25) is 8.03 Å².